The smallest absolute Gasteiger partial charge is 0.226 e. The largest absolute Gasteiger partial charge is 0.311 e. The standard InChI is InChI=1S/C17H19ClFN3O/c1-3-4-7-22-17-12(9-20-22)11(8-14(23)21-17)15-13(18)6-5-10(2)16(15)19/h5-6,9,11H,3-4,7-8H2,1-2H3,(H,21,23). The minimum absolute atomic E-state index is 0.141. The van der Waals surface area contributed by atoms with Crippen LogP contribution in [-0.4, -0.2) is 15.7 Å². The third-order valence-corrected chi connectivity index (χ3v) is 4.61. The number of amides is 1. The highest BCUT2D eigenvalue weighted by Crippen LogP contribution is 2.41. The number of nitrogens with one attached hydrogen (secondary N) is 1. The van der Waals surface area contributed by atoms with E-state index in [2.05, 4.69) is 17.3 Å². The van der Waals surface area contributed by atoms with Gasteiger partial charge in [0.15, 0.2) is 0 Å². The fourth-order valence-corrected chi connectivity index (χ4v) is 3.28. The number of unbranched alkanes of at least 4 members (excludes halogenated alkanes) is 1. The Kier molecular flexibility index (Phi) is 4.39. The average Bonchev–Trinajstić information content (AvgIpc) is 2.92. The van der Waals surface area contributed by atoms with Crippen LogP contribution in [0.5, 0.6) is 0 Å². The quantitative estimate of drug-likeness (QED) is 0.907. The summed E-state index contributed by atoms with van der Waals surface area (Å²) in [5, 5.41) is 7.58. The van der Waals surface area contributed by atoms with Gasteiger partial charge in [0.1, 0.15) is 11.6 Å². The van der Waals surface area contributed by atoms with Crippen molar-refractivity contribution >= 4 is 23.3 Å². The number of halogens is 2. The maximum absolute atomic E-state index is 14.6. The van der Waals surface area contributed by atoms with Gasteiger partial charge in [-0.3, -0.25) is 4.79 Å². The number of anilines is 1. The maximum Gasteiger partial charge on any atom is 0.226 e. The number of carbonyl (C=O) groups is 1. The van der Waals surface area contributed by atoms with Gasteiger partial charge in [-0.15, -0.1) is 0 Å². The van der Waals surface area contributed by atoms with E-state index in [1.54, 1.807) is 29.9 Å². The molecule has 0 saturated carbocycles. The van der Waals surface area contributed by atoms with Gasteiger partial charge in [-0.05, 0) is 25.0 Å². The third-order valence-electron chi connectivity index (χ3n) is 4.28. The lowest BCUT2D eigenvalue weighted by Gasteiger charge is -2.25. The number of benzene rings is 1. The van der Waals surface area contributed by atoms with E-state index in [9.17, 15) is 9.18 Å². The van der Waals surface area contributed by atoms with Gasteiger partial charge in [-0.25, -0.2) is 9.07 Å². The van der Waals surface area contributed by atoms with E-state index in [-0.39, 0.29) is 18.1 Å². The number of aryl methyl sites for hydroxylation is 2. The summed E-state index contributed by atoms with van der Waals surface area (Å²) < 4.78 is 16.4. The highest BCUT2D eigenvalue weighted by molar-refractivity contribution is 6.31. The molecule has 6 heteroatoms. The average molecular weight is 336 g/mol. The molecule has 0 bridgehead atoms. The van der Waals surface area contributed by atoms with Crippen LogP contribution in [0.3, 0.4) is 0 Å². The summed E-state index contributed by atoms with van der Waals surface area (Å²) in [6.45, 7) is 4.52. The molecule has 0 fully saturated rings. The molecule has 1 aliphatic rings. The molecule has 23 heavy (non-hydrogen) atoms. The summed E-state index contributed by atoms with van der Waals surface area (Å²) in [6, 6.07) is 3.33. The second kappa shape index (κ2) is 6.32. The highest BCUT2D eigenvalue weighted by Gasteiger charge is 2.33. The summed E-state index contributed by atoms with van der Waals surface area (Å²) in [7, 11) is 0. The van der Waals surface area contributed by atoms with Crippen molar-refractivity contribution < 1.29 is 9.18 Å². The van der Waals surface area contributed by atoms with E-state index in [4.69, 9.17) is 11.6 Å². The molecule has 1 N–H and O–H groups in total. The zero-order chi connectivity index (χ0) is 16.6. The van der Waals surface area contributed by atoms with E-state index in [1.807, 2.05) is 0 Å². The summed E-state index contributed by atoms with van der Waals surface area (Å²) >= 11 is 6.24. The molecular weight excluding hydrogens is 317 g/mol. The fraction of sp³-hybridized carbons (Fsp3) is 0.412. The van der Waals surface area contributed by atoms with Crippen LogP contribution in [0.2, 0.25) is 5.02 Å². The summed E-state index contributed by atoms with van der Waals surface area (Å²) in [6.07, 6.45) is 3.89. The van der Waals surface area contributed by atoms with Crippen molar-refractivity contribution in [2.24, 2.45) is 0 Å². The van der Waals surface area contributed by atoms with E-state index in [0.717, 1.165) is 24.9 Å². The summed E-state index contributed by atoms with van der Waals surface area (Å²) in [5.41, 5.74) is 1.74. The molecule has 0 spiro atoms. The molecule has 3 rings (SSSR count). The number of hydrogen-bond acceptors (Lipinski definition) is 2. The predicted octanol–water partition coefficient (Wildman–Crippen LogP) is 4.26. The van der Waals surface area contributed by atoms with Gasteiger partial charge < -0.3 is 5.32 Å². The maximum atomic E-state index is 14.6. The van der Waals surface area contributed by atoms with Crippen LogP contribution in [0.4, 0.5) is 10.2 Å². The zero-order valence-corrected chi connectivity index (χ0v) is 14.0. The molecule has 1 unspecified atom stereocenters. The van der Waals surface area contributed by atoms with Gasteiger partial charge in [-0.1, -0.05) is 31.0 Å². The molecule has 0 radical (unpaired) electrons. The van der Waals surface area contributed by atoms with Crippen LogP contribution >= 0.6 is 11.6 Å². The van der Waals surface area contributed by atoms with Crippen molar-refractivity contribution in [3.8, 4) is 0 Å². The van der Waals surface area contributed by atoms with E-state index in [0.29, 0.717) is 22.0 Å². The number of hydrogen-bond donors (Lipinski definition) is 1. The summed E-state index contributed by atoms with van der Waals surface area (Å²) in [5.74, 6) is -0.222. The second-order valence-electron chi connectivity index (χ2n) is 5.92. The minimum atomic E-state index is -0.401. The number of rotatable bonds is 4. The fourth-order valence-electron chi connectivity index (χ4n) is 3.00. The van der Waals surface area contributed by atoms with Gasteiger partial charge in [0.05, 0.1) is 6.20 Å². The van der Waals surface area contributed by atoms with Gasteiger partial charge in [0.2, 0.25) is 5.91 Å². The van der Waals surface area contributed by atoms with Crippen LogP contribution in [0.1, 0.15) is 48.8 Å². The van der Waals surface area contributed by atoms with E-state index < -0.39 is 5.92 Å². The topological polar surface area (TPSA) is 46.9 Å². The molecule has 122 valence electrons. The molecule has 0 saturated heterocycles. The number of fused-ring (bicyclic) bond motifs is 1. The Hall–Kier alpha value is -1.88. The SMILES string of the molecule is CCCCn1ncc2c1NC(=O)CC2c1c(Cl)ccc(C)c1F. The molecule has 0 aliphatic carbocycles. The number of nitrogens with zero attached hydrogens (tertiary/aromatic N) is 2. The Balaban J connectivity index is 2.08. The van der Waals surface area contributed by atoms with Crippen molar-refractivity contribution in [1.82, 2.24) is 9.78 Å². The molecule has 4 nitrogen and oxygen atoms in total. The Labute approximate surface area is 139 Å². The zero-order valence-electron chi connectivity index (χ0n) is 13.2. The third kappa shape index (κ3) is 2.85. The summed E-state index contributed by atoms with van der Waals surface area (Å²) in [4.78, 5) is 12.1. The minimum Gasteiger partial charge on any atom is -0.311 e. The molecule has 1 aromatic carbocycles. The highest BCUT2D eigenvalue weighted by atomic mass is 35.5. The van der Waals surface area contributed by atoms with E-state index in [1.165, 1.54) is 0 Å². The van der Waals surface area contributed by atoms with Crippen molar-refractivity contribution in [3.63, 3.8) is 0 Å². The molecule has 1 aliphatic heterocycles. The van der Waals surface area contributed by atoms with E-state index >= 15 is 0 Å². The van der Waals surface area contributed by atoms with Crippen molar-refractivity contribution in [1.29, 1.82) is 0 Å². The first-order valence-electron chi connectivity index (χ1n) is 7.83. The molecule has 2 aromatic rings. The first kappa shape index (κ1) is 16.0. The van der Waals surface area contributed by atoms with Crippen LogP contribution in [0.15, 0.2) is 18.3 Å². The molecule has 1 amide bonds. The van der Waals surface area contributed by atoms with Crippen molar-refractivity contribution in [3.05, 3.63) is 45.9 Å². The Morgan fingerprint density at radius 2 is 2.26 bits per heavy atom. The Morgan fingerprint density at radius 3 is 3.00 bits per heavy atom. The first-order chi connectivity index (χ1) is 11.0. The van der Waals surface area contributed by atoms with Crippen molar-refractivity contribution in [2.75, 3.05) is 5.32 Å². The molecular formula is C17H19ClFN3O. The van der Waals surface area contributed by atoms with Crippen molar-refractivity contribution in [2.45, 2.75) is 45.6 Å². The van der Waals surface area contributed by atoms with Gasteiger partial charge in [-0.2, -0.15) is 5.10 Å². The number of carbonyl (C=O) groups excluding carboxylic acids is 1. The van der Waals surface area contributed by atoms with Crippen LogP contribution in [0.25, 0.3) is 0 Å². The monoisotopic (exact) mass is 335 g/mol. The van der Waals surface area contributed by atoms with Gasteiger partial charge in [0, 0.05) is 35.0 Å². The lowest BCUT2D eigenvalue weighted by atomic mass is 9.86. The van der Waals surface area contributed by atoms with Gasteiger partial charge in [0.25, 0.3) is 0 Å². The second-order valence-corrected chi connectivity index (χ2v) is 6.33. The number of aromatic nitrogens is 2. The molecule has 1 aromatic heterocycles. The Morgan fingerprint density at radius 1 is 1.48 bits per heavy atom. The normalized spacial score (nSPS) is 17.0. The first-order valence-corrected chi connectivity index (χ1v) is 8.20. The Bertz CT molecular complexity index is 757. The van der Waals surface area contributed by atoms with Crippen LogP contribution in [-0.2, 0) is 11.3 Å². The molecule has 1 atom stereocenters. The van der Waals surface area contributed by atoms with Crippen LogP contribution in [0, 0.1) is 12.7 Å². The lowest BCUT2D eigenvalue weighted by Crippen LogP contribution is -2.25. The van der Waals surface area contributed by atoms with Crippen LogP contribution < -0.4 is 5.32 Å². The predicted molar refractivity (Wildman–Crippen MR) is 88.4 cm³/mol. The van der Waals surface area contributed by atoms with Gasteiger partial charge >= 0.3 is 0 Å². The lowest BCUT2D eigenvalue weighted by molar-refractivity contribution is -0.116. The molecule has 2 heterocycles.